The van der Waals surface area contributed by atoms with Crippen LogP contribution >= 0.6 is 11.6 Å². The minimum atomic E-state index is -0.0986. The summed E-state index contributed by atoms with van der Waals surface area (Å²) < 4.78 is 5.01. The lowest BCUT2D eigenvalue weighted by Gasteiger charge is -2.17. The Labute approximate surface area is 161 Å². The van der Waals surface area contributed by atoms with Crippen molar-refractivity contribution in [1.82, 2.24) is 15.1 Å². The van der Waals surface area contributed by atoms with Crippen LogP contribution in [0.25, 0.3) is 11.4 Å². The standard InChI is InChI=1S/C19H18ClN5O2/c1-12-22-18(24-27-12)13-3-2-4-16(9-13)23-19(26)14-7-8-25(11-14)17-6-5-15(20)10-21-17/h2-6,9-10,14H,7-8,11H2,1H3,(H,23,26). The Balaban J connectivity index is 1.42. The van der Waals surface area contributed by atoms with E-state index >= 15 is 0 Å². The van der Waals surface area contributed by atoms with Crippen LogP contribution in [0.1, 0.15) is 12.3 Å². The third-order valence-corrected chi connectivity index (χ3v) is 4.73. The van der Waals surface area contributed by atoms with Gasteiger partial charge in [-0.25, -0.2) is 4.98 Å². The molecule has 1 aliphatic heterocycles. The van der Waals surface area contributed by atoms with Gasteiger partial charge in [-0.05, 0) is 30.7 Å². The van der Waals surface area contributed by atoms with E-state index in [2.05, 4.69) is 25.3 Å². The van der Waals surface area contributed by atoms with E-state index < -0.39 is 0 Å². The number of nitrogens with zero attached hydrogens (tertiary/aromatic N) is 4. The van der Waals surface area contributed by atoms with Crippen molar-refractivity contribution in [2.75, 3.05) is 23.3 Å². The number of rotatable bonds is 4. The molecule has 1 aliphatic rings. The molecular weight excluding hydrogens is 366 g/mol. The quantitative estimate of drug-likeness (QED) is 0.741. The van der Waals surface area contributed by atoms with Crippen molar-refractivity contribution in [1.29, 1.82) is 0 Å². The predicted octanol–water partition coefficient (Wildman–Crippen LogP) is 3.56. The summed E-state index contributed by atoms with van der Waals surface area (Å²) in [6.45, 7) is 3.16. The van der Waals surface area contributed by atoms with Crippen LogP contribution in [0, 0.1) is 12.8 Å². The fraction of sp³-hybridized carbons (Fsp3) is 0.263. The van der Waals surface area contributed by atoms with E-state index in [1.807, 2.05) is 36.4 Å². The molecule has 0 saturated carbocycles. The van der Waals surface area contributed by atoms with Gasteiger partial charge in [-0.2, -0.15) is 4.98 Å². The number of aromatic nitrogens is 3. The number of halogens is 1. The molecule has 0 bridgehead atoms. The van der Waals surface area contributed by atoms with Crippen LogP contribution in [-0.2, 0) is 4.79 Å². The third-order valence-electron chi connectivity index (χ3n) is 4.51. The summed E-state index contributed by atoms with van der Waals surface area (Å²) in [6.07, 6.45) is 2.40. The smallest absolute Gasteiger partial charge is 0.229 e. The van der Waals surface area contributed by atoms with Gasteiger partial charge in [-0.1, -0.05) is 28.9 Å². The highest BCUT2D eigenvalue weighted by Crippen LogP contribution is 2.25. The Hall–Kier alpha value is -2.93. The predicted molar refractivity (Wildman–Crippen MR) is 103 cm³/mol. The van der Waals surface area contributed by atoms with Gasteiger partial charge in [0.05, 0.1) is 10.9 Å². The molecular formula is C19H18ClN5O2. The second-order valence-electron chi connectivity index (χ2n) is 6.47. The van der Waals surface area contributed by atoms with Crippen LogP contribution < -0.4 is 10.2 Å². The number of hydrogen-bond donors (Lipinski definition) is 1. The van der Waals surface area contributed by atoms with Crippen molar-refractivity contribution >= 4 is 29.0 Å². The molecule has 1 aromatic carbocycles. The molecule has 4 rings (SSSR count). The van der Waals surface area contributed by atoms with Gasteiger partial charge in [-0.15, -0.1) is 0 Å². The monoisotopic (exact) mass is 383 g/mol. The van der Waals surface area contributed by atoms with E-state index in [9.17, 15) is 4.79 Å². The Morgan fingerprint density at radius 3 is 2.96 bits per heavy atom. The number of nitrogens with one attached hydrogen (secondary N) is 1. The topological polar surface area (TPSA) is 84.2 Å². The van der Waals surface area contributed by atoms with Crippen molar-refractivity contribution in [2.45, 2.75) is 13.3 Å². The molecule has 3 heterocycles. The van der Waals surface area contributed by atoms with Gasteiger partial charge >= 0.3 is 0 Å². The van der Waals surface area contributed by atoms with Crippen molar-refractivity contribution < 1.29 is 9.32 Å². The lowest BCUT2D eigenvalue weighted by molar-refractivity contribution is -0.119. The van der Waals surface area contributed by atoms with Crippen LogP contribution in [0.2, 0.25) is 5.02 Å². The van der Waals surface area contributed by atoms with Crippen molar-refractivity contribution in [3.05, 3.63) is 53.5 Å². The highest BCUT2D eigenvalue weighted by atomic mass is 35.5. The molecule has 0 radical (unpaired) electrons. The summed E-state index contributed by atoms with van der Waals surface area (Å²) in [7, 11) is 0. The summed E-state index contributed by atoms with van der Waals surface area (Å²) in [5.41, 5.74) is 1.51. The van der Waals surface area contributed by atoms with E-state index in [0.717, 1.165) is 24.3 Å². The Bertz CT molecular complexity index is 957. The number of hydrogen-bond acceptors (Lipinski definition) is 6. The van der Waals surface area contributed by atoms with Gasteiger partial charge in [-0.3, -0.25) is 4.79 Å². The number of pyridine rings is 1. The Morgan fingerprint density at radius 2 is 2.22 bits per heavy atom. The molecule has 3 aromatic rings. The summed E-state index contributed by atoms with van der Waals surface area (Å²) in [6, 6.07) is 11.1. The molecule has 1 amide bonds. The molecule has 1 atom stereocenters. The summed E-state index contributed by atoms with van der Waals surface area (Å²) in [5, 5.41) is 7.50. The van der Waals surface area contributed by atoms with E-state index in [1.54, 1.807) is 13.1 Å². The third kappa shape index (κ3) is 3.93. The van der Waals surface area contributed by atoms with Crippen molar-refractivity contribution in [3.63, 3.8) is 0 Å². The average Bonchev–Trinajstić information content (AvgIpc) is 3.32. The normalized spacial score (nSPS) is 16.5. The first kappa shape index (κ1) is 17.5. The van der Waals surface area contributed by atoms with Gasteiger partial charge in [0.15, 0.2) is 0 Å². The molecule has 1 unspecified atom stereocenters. The highest BCUT2D eigenvalue weighted by molar-refractivity contribution is 6.30. The van der Waals surface area contributed by atoms with E-state index in [1.165, 1.54) is 0 Å². The lowest BCUT2D eigenvalue weighted by Crippen LogP contribution is -2.27. The van der Waals surface area contributed by atoms with E-state index in [0.29, 0.717) is 29.0 Å². The highest BCUT2D eigenvalue weighted by Gasteiger charge is 2.29. The van der Waals surface area contributed by atoms with Crippen LogP contribution in [0.3, 0.4) is 0 Å². The second-order valence-corrected chi connectivity index (χ2v) is 6.91. The fourth-order valence-corrected chi connectivity index (χ4v) is 3.25. The molecule has 2 aromatic heterocycles. The molecule has 1 fully saturated rings. The number of carbonyl (C=O) groups is 1. The second kappa shape index (κ2) is 7.36. The maximum atomic E-state index is 12.7. The Kier molecular flexibility index (Phi) is 4.77. The average molecular weight is 384 g/mol. The molecule has 138 valence electrons. The maximum absolute atomic E-state index is 12.7. The largest absolute Gasteiger partial charge is 0.356 e. The lowest BCUT2D eigenvalue weighted by atomic mass is 10.1. The molecule has 0 spiro atoms. The summed E-state index contributed by atoms with van der Waals surface area (Å²) >= 11 is 5.89. The summed E-state index contributed by atoms with van der Waals surface area (Å²) in [5.74, 6) is 1.74. The molecule has 7 nitrogen and oxygen atoms in total. The maximum Gasteiger partial charge on any atom is 0.229 e. The van der Waals surface area contributed by atoms with Crippen LogP contribution in [0.15, 0.2) is 47.1 Å². The first-order valence-corrected chi connectivity index (χ1v) is 9.04. The van der Waals surface area contributed by atoms with E-state index in [-0.39, 0.29) is 11.8 Å². The van der Waals surface area contributed by atoms with Gasteiger partial charge in [0.25, 0.3) is 0 Å². The minimum Gasteiger partial charge on any atom is -0.356 e. The number of benzene rings is 1. The number of carbonyl (C=O) groups excluding carboxylic acids is 1. The Morgan fingerprint density at radius 1 is 1.33 bits per heavy atom. The zero-order valence-corrected chi connectivity index (χ0v) is 15.5. The minimum absolute atomic E-state index is 0.00657. The number of aryl methyl sites for hydroxylation is 1. The van der Waals surface area contributed by atoms with E-state index in [4.69, 9.17) is 16.1 Å². The first-order valence-electron chi connectivity index (χ1n) is 8.66. The van der Waals surface area contributed by atoms with Gasteiger partial charge in [0, 0.05) is 37.5 Å². The van der Waals surface area contributed by atoms with Gasteiger partial charge < -0.3 is 14.7 Å². The molecule has 1 N–H and O–H groups in total. The summed E-state index contributed by atoms with van der Waals surface area (Å²) in [4.78, 5) is 23.3. The first-order chi connectivity index (χ1) is 13.1. The molecule has 0 aliphatic carbocycles. The van der Waals surface area contributed by atoms with Gasteiger partial charge in [0.2, 0.25) is 17.6 Å². The van der Waals surface area contributed by atoms with Crippen molar-refractivity contribution in [2.24, 2.45) is 5.92 Å². The van der Waals surface area contributed by atoms with Crippen LogP contribution in [0.4, 0.5) is 11.5 Å². The molecule has 27 heavy (non-hydrogen) atoms. The SMILES string of the molecule is Cc1nc(-c2cccc(NC(=O)C3CCN(c4ccc(Cl)cn4)C3)c2)no1. The molecule has 1 saturated heterocycles. The fourth-order valence-electron chi connectivity index (χ4n) is 3.13. The number of amides is 1. The zero-order chi connectivity index (χ0) is 18.8. The van der Waals surface area contributed by atoms with Gasteiger partial charge in [0.1, 0.15) is 5.82 Å². The van der Waals surface area contributed by atoms with Crippen molar-refractivity contribution in [3.8, 4) is 11.4 Å². The molecule has 8 heteroatoms. The zero-order valence-electron chi connectivity index (χ0n) is 14.7. The van der Waals surface area contributed by atoms with Crippen LogP contribution in [-0.4, -0.2) is 34.1 Å². The van der Waals surface area contributed by atoms with Crippen LogP contribution in [0.5, 0.6) is 0 Å². The number of anilines is 2.